The fourth-order valence-corrected chi connectivity index (χ4v) is 4.87. The lowest BCUT2D eigenvalue weighted by atomic mass is 9.97. The molecule has 0 aromatic heterocycles. The molecule has 0 fully saturated rings. The number of benzene rings is 2. The summed E-state index contributed by atoms with van der Waals surface area (Å²) in [6.07, 6.45) is 12.5. The molecule has 0 saturated carbocycles. The topological polar surface area (TPSA) is 106 Å². The summed E-state index contributed by atoms with van der Waals surface area (Å²) in [5.41, 5.74) is 14.5. The van der Waals surface area contributed by atoms with Crippen molar-refractivity contribution in [2.45, 2.75) is 82.4 Å². The standard InChI is InChI=1S/C24H36N2O3S/c1-2-3-4-5-6-7-8-9-10-11-12-22-23(26)18-17-21(24(22)30(27,28)29)19-13-15-20(25)16-14-19/h13-18H,2-12,25-26H2,1H3,(H,27,28,29). The molecule has 0 unspecified atom stereocenters. The highest BCUT2D eigenvalue weighted by molar-refractivity contribution is 7.86. The molecule has 0 aliphatic carbocycles. The molecule has 30 heavy (non-hydrogen) atoms. The van der Waals surface area contributed by atoms with Gasteiger partial charge in [0, 0.05) is 16.9 Å². The van der Waals surface area contributed by atoms with E-state index in [1.807, 2.05) is 0 Å². The first-order chi connectivity index (χ1) is 14.3. The molecule has 5 N–H and O–H groups in total. The van der Waals surface area contributed by atoms with Crippen LogP contribution in [0.25, 0.3) is 11.1 Å². The summed E-state index contributed by atoms with van der Waals surface area (Å²) >= 11 is 0. The van der Waals surface area contributed by atoms with Crippen LogP contribution in [-0.4, -0.2) is 13.0 Å². The molecule has 0 aliphatic rings. The number of hydrogen-bond donors (Lipinski definition) is 3. The quantitative estimate of drug-likeness (QED) is 0.198. The Morgan fingerprint density at radius 1 is 0.767 bits per heavy atom. The van der Waals surface area contributed by atoms with Crippen LogP contribution in [-0.2, 0) is 16.5 Å². The molecule has 0 amide bonds. The third-order valence-electron chi connectivity index (χ3n) is 5.56. The van der Waals surface area contributed by atoms with Gasteiger partial charge >= 0.3 is 0 Å². The minimum absolute atomic E-state index is 0.0804. The third-order valence-corrected chi connectivity index (χ3v) is 6.54. The first-order valence-electron chi connectivity index (χ1n) is 11.1. The van der Waals surface area contributed by atoms with Crippen LogP contribution in [0.1, 0.15) is 76.7 Å². The van der Waals surface area contributed by atoms with Crippen LogP contribution in [0.15, 0.2) is 41.3 Å². The molecule has 6 heteroatoms. The van der Waals surface area contributed by atoms with E-state index in [0.29, 0.717) is 34.5 Å². The lowest BCUT2D eigenvalue weighted by Crippen LogP contribution is -2.09. The van der Waals surface area contributed by atoms with E-state index in [4.69, 9.17) is 11.5 Å². The highest BCUT2D eigenvalue weighted by atomic mass is 32.2. The van der Waals surface area contributed by atoms with Crippen molar-refractivity contribution >= 4 is 21.5 Å². The number of hydrogen-bond acceptors (Lipinski definition) is 4. The minimum atomic E-state index is -4.42. The van der Waals surface area contributed by atoms with Crippen molar-refractivity contribution in [1.82, 2.24) is 0 Å². The van der Waals surface area contributed by atoms with Crippen LogP contribution in [0.5, 0.6) is 0 Å². The van der Waals surface area contributed by atoms with Gasteiger partial charge in [-0.05, 0) is 42.2 Å². The van der Waals surface area contributed by atoms with Gasteiger partial charge in [-0.3, -0.25) is 4.55 Å². The van der Waals surface area contributed by atoms with Gasteiger partial charge in [0.05, 0.1) is 0 Å². The SMILES string of the molecule is CCCCCCCCCCCCc1c(N)ccc(-c2ccc(N)cc2)c1S(=O)(=O)O. The second-order valence-electron chi connectivity index (χ2n) is 8.04. The monoisotopic (exact) mass is 432 g/mol. The highest BCUT2D eigenvalue weighted by Gasteiger charge is 2.23. The fourth-order valence-electron chi connectivity index (χ4n) is 3.87. The largest absolute Gasteiger partial charge is 0.399 e. The minimum Gasteiger partial charge on any atom is -0.399 e. The Labute approximate surface area is 181 Å². The number of unbranched alkanes of at least 4 members (excludes halogenated alkanes) is 9. The molecule has 0 bridgehead atoms. The molecule has 0 atom stereocenters. The van der Waals surface area contributed by atoms with Crippen molar-refractivity contribution in [3.63, 3.8) is 0 Å². The number of rotatable bonds is 13. The lowest BCUT2D eigenvalue weighted by Gasteiger charge is -2.15. The lowest BCUT2D eigenvalue weighted by molar-refractivity contribution is 0.482. The molecule has 0 radical (unpaired) electrons. The number of anilines is 2. The van der Waals surface area contributed by atoms with Gasteiger partial charge in [-0.1, -0.05) is 82.9 Å². The average molecular weight is 433 g/mol. The van der Waals surface area contributed by atoms with E-state index in [1.165, 1.54) is 44.9 Å². The summed E-state index contributed by atoms with van der Waals surface area (Å²) in [5.74, 6) is 0. The Bertz CT molecular complexity index is 893. The normalized spacial score (nSPS) is 11.7. The third kappa shape index (κ3) is 7.33. The Hall–Kier alpha value is -2.05. The van der Waals surface area contributed by atoms with Crippen LogP contribution in [0, 0.1) is 0 Å². The Balaban J connectivity index is 2.02. The van der Waals surface area contributed by atoms with Crippen molar-refractivity contribution in [1.29, 1.82) is 0 Å². The molecule has 2 aromatic rings. The zero-order chi connectivity index (χ0) is 22.0. The summed E-state index contributed by atoms with van der Waals surface area (Å²) in [4.78, 5) is -0.0804. The summed E-state index contributed by atoms with van der Waals surface area (Å²) in [5, 5.41) is 0. The molecule has 5 nitrogen and oxygen atoms in total. The zero-order valence-electron chi connectivity index (χ0n) is 18.1. The van der Waals surface area contributed by atoms with Crippen molar-refractivity contribution in [2.75, 3.05) is 11.5 Å². The smallest absolute Gasteiger partial charge is 0.295 e. The van der Waals surface area contributed by atoms with E-state index < -0.39 is 10.1 Å². The molecule has 166 valence electrons. The second kappa shape index (κ2) is 12.0. The molecule has 2 aromatic carbocycles. The van der Waals surface area contributed by atoms with E-state index in [0.717, 1.165) is 19.3 Å². The molecular formula is C24H36N2O3S. The van der Waals surface area contributed by atoms with Crippen LogP contribution in [0.3, 0.4) is 0 Å². The van der Waals surface area contributed by atoms with Gasteiger partial charge in [-0.2, -0.15) is 8.42 Å². The van der Waals surface area contributed by atoms with Crippen LogP contribution in [0.4, 0.5) is 11.4 Å². The maximum absolute atomic E-state index is 12.2. The number of nitrogen functional groups attached to an aromatic ring is 2. The predicted octanol–water partition coefficient (Wildman–Crippen LogP) is 6.23. The summed E-state index contributed by atoms with van der Waals surface area (Å²) in [7, 11) is -4.42. The van der Waals surface area contributed by atoms with Crippen LogP contribution >= 0.6 is 0 Å². The first kappa shape index (κ1) is 24.2. The van der Waals surface area contributed by atoms with E-state index in [2.05, 4.69) is 6.92 Å². The maximum atomic E-state index is 12.2. The Kier molecular flexibility index (Phi) is 9.66. The summed E-state index contributed by atoms with van der Waals surface area (Å²) in [6, 6.07) is 10.3. The van der Waals surface area contributed by atoms with Gasteiger partial charge in [0.2, 0.25) is 0 Å². The van der Waals surface area contributed by atoms with Gasteiger partial charge < -0.3 is 11.5 Å². The van der Waals surface area contributed by atoms with Gasteiger partial charge in [0.25, 0.3) is 10.1 Å². The first-order valence-corrected chi connectivity index (χ1v) is 12.5. The summed E-state index contributed by atoms with van der Waals surface area (Å²) < 4.78 is 34.4. The molecule has 0 spiro atoms. The number of nitrogens with two attached hydrogens (primary N) is 2. The van der Waals surface area contributed by atoms with Crippen molar-refractivity contribution in [2.24, 2.45) is 0 Å². The maximum Gasteiger partial charge on any atom is 0.295 e. The van der Waals surface area contributed by atoms with E-state index >= 15 is 0 Å². The zero-order valence-corrected chi connectivity index (χ0v) is 18.9. The molecule has 0 saturated heterocycles. The van der Waals surface area contributed by atoms with Gasteiger partial charge in [0.15, 0.2) is 0 Å². The molecule has 0 heterocycles. The van der Waals surface area contributed by atoms with E-state index in [9.17, 15) is 13.0 Å². The van der Waals surface area contributed by atoms with Crippen molar-refractivity contribution in [3.05, 3.63) is 42.0 Å². The average Bonchev–Trinajstić information content (AvgIpc) is 2.70. The predicted molar refractivity (Wildman–Crippen MR) is 126 cm³/mol. The van der Waals surface area contributed by atoms with Gasteiger partial charge in [-0.25, -0.2) is 0 Å². The van der Waals surface area contributed by atoms with Crippen LogP contribution in [0.2, 0.25) is 0 Å². The van der Waals surface area contributed by atoms with E-state index in [-0.39, 0.29) is 4.90 Å². The van der Waals surface area contributed by atoms with Crippen molar-refractivity contribution in [3.8, 4) is 11.1 Å². The Morgan fingerprint density at radius 3 is 1.83 bits per heavy atom. The second-order valence-corrected chi connectivity index (χ2v) is 9.40. The van der Waals surface area contributed by atoms with E-state index in [1.54, 1.807) is 36.4 Å². The van der Waals surface area contributed by atoms with Crippen molar-refractivity contribution < 1.29 is 13.0 Å². The van der Waals surface area contributed by atoms with Gasteiger partial charge in [-0.15, -0.1) is 0 Å². The summed E-state index contributed by atoms with van der Waals surface area (Å²) in [6.45, 7) is 2.23. The van der Waals surface area contributed by atoms with Crippen LogP contribution < -0.4 is 11.5 Å². The molecule has 2 rings (SSSR count). The van der Waals surface area contributed by atoms with Gasteiger partial charge in [0.1, 0.15) is 4.90 Å². The Morgan fingerprint density at radius 2 is 1.30 bits per heavy atom. The molecule has 0 aliphatic heterocycles. The molecular weight excluding hydrogens is 396 g/mol. The highest BCUT2D eigenvalue weighted by Crippen LogP contribution is 2.34. The fraction of sp³-hybridized carbons (Fsp3) is 0.500.